The van der Waals surface area contributed by atoms with Gasteiger partial charge in [0.1, 0.15) is 5.41 Å². The first-order chi connectivity index (χ1) is 9.57. The van der Waals surface area contributed by atoms with Gasteiger partial charge < -0.3 is 0 Å². The van der Waals surface area contributed by atoms with Gasteiger partial charge in [-0.25, -0.2) is 9.13 Å². The van der Waals surface area contributed by atoms with E-state index in [-0.39, 0.29) is 6.16 Å². The Bertz CT molecular complexity index is 619. The topological polar surface area (TPSA) is 51.2 Å². The van der Waals surface area contributed by atoms with Crippen molar-refractivity contribution in [3.8, 4) is 0 Å². The summed E-state index contributed by atoms with van der Waals surface area (Å²) < 4.78 is 22.6. The molecule has 0 aliphatic rings. The summed E-state index contributed by atoms with van der Waals surface area (Å²) in [5.74, 6) is 0. The van der Waals surface area contributed by atoms with Crippen LogP contribution in [0.15, 0.2) is 60.7 Å². The summed E-state index contributed by atoms with van der Waals surface area (Å²) in [6.45, 7) is 0. The normalized spacial score (nSPS) is 11.1. The van der Waals surface area contributed by atoms with Crippen molar-refractivity contribution in [1.29, 1.82) is 0 Å². The summed E-state index contributed by atoms with van der Waals surface area (Å²) in [6, 6.07) is 17.5. The fraction of sp³-hybridized carbons (Fsp3) is 0.133. The summed E-state index contributed by atoms with van der Waals surface area (Å²) in [7, 11) is -2.77. The molecule has 2 aromatic rings. The van der Waals surface area contributed by atoms with Crippen LogP contribution in [0.25, 0.3) is 0 Å². The third-order valence-electron chi connectivity index (χ3n) is 3.23. The number of carbonyl (C=O) groups is 1. The van der Waals surface area contributed by atoms with Gasteiger partial charge in [0, 0.05) is 0 Å². The van der Waals surface area contributed by atoms with E-state index >= 15 is 0 Å². The molecule has 2 rings (SSSR count). The van der Waals surface area contributed by atoms with E-state index in [2.05, 4.69) is 0 Å². The van der Waals surface area contributed by atoms with Crippen LogP contribution < -0.4 is 0 Å². The van der Waals surface area contributed by atoms with Crippen molar-refractivity contribution >= 4 is 24.5 Å². The summed E-state index contributed by atoms with van der Waals surface area (Å²) in [5.41, 5.74) is -0.213. The predicted octanol–water partition coefficient (Wildman–Crippen LogP) is 3.91. The monoisotopic (exact) mass is 306 g/mol. The molecule has 0 N–H and O–H groups in total. The lowest BCUT2D eigenvalue weighted by atomic mass is 9.77. The van der Waals surface area contributed by atoms with E-state index in [9.17, 15) is 13.9 Å². The minimum atomic E-state index is -2.77. The predicted molar refractivity (Wildman–Crippen MR) is 77.7 cm³/mol. The average molecular weight is 307 g/mol. The standard InChI is InChI=1S/C15H12ClO3P/c16-14(17)15(11-20(18)19,12-7-3-1-4-8-12)13-9-5-2-6-10-13/h1-10H,11H2. The van der Waals surface area contributed by atoms with E-state index in [0.717, 1.165) is 0 Å². The molecule has 0 bridgehead atoms. The quantitative estimate of drug-likeness (QED) is 0.621. The lowest BCUT2D eigenvalue weighted by Gasteiger charge is -2.28. The zero-order valence-corrected chi connectivity index (χ0v) is 12.2. The summed E-state index contributed by atoms with van der Waals surface area (Å²) in [5, 5.41) is -0.700. The Labute approximate surface area is 122 Å². The van der Waals surface area contributed by atoms with E-state index in [4.69, 9.17) is 11.6 Å². The zero-order valence-electron chi connectivity index (χ0n) is 10.5. The van der Waals surface area contributed by atoms with Crippen LogP contribution in [0.5, 0.6) is 0 Å². The molecule has 0 saturated heterocycles. The van der Waals surface area contributed by atoms with Crippen molar-refractivity contribution in [2.45, 2.75) is 5.41 Å². The average Bonchev–Trinajstić information content (AvgIpc) is 2.46. The van der Waals surface area contributed by atoms with Crippen LogP contribution in [0.4, 0.5) is 0 Å². The Kier molecular flexibility index (Phi) is 4.53. The lowest BCUT2D eigenvalue weighted by molar-refractivity contribution is -0.114. The second kappa shape index (κ2) is 6.17. The molecule has 0 saturated carbocycles. The maximum Gasteiger partial charge on any atom is 0.317 e. The number of rotatable bonds is 5. The molecule has 5 heteroatoms. The van der Waals surface area contributed by atoms with E-state index in [0.29, 0.717) is 11.1 Å². The molecule has 2 aromatic carbocycles. The number of benzene rings is 2. The largest absolute Gasteiger partial charge is 0.317 e. The molecular weight excluding hydrogens is 295 g/mol. The molecule has 20 heavy (non-hydrogen) atoms. The van der Waals surface area contributed by atoms with Crippen molar-refractivity contribution in [2.24, 2.45) is 0 Å². The molecule has 3 nitrogen and oxygen atoms in total. The number of hydrogen-bond acceptors (Lipinski definition) is 3. The first-order valence-corrected chi connectivity index (χ1v) is 7.74. The molecular formula is C15H12ClO3P. The highest BCUT2D eigenvalue weighted by atomic mass is 35.5. The van der Waals surface area contributed by atoms with E-state index in [1.54, 1.807) is 60.7 Å². The molecule has 0 radical (unpaired) electrons. The molecule has 0 spiro atoms. The minimum Gasteiger partial charge on any atom is -0.280 e. The maximum atomic E-state index is 12.1. The summed E-state index contributed by atoms with van der Waals surface area (Å²) in [4.78, 5) is 12.1. The molecule has 0 aromatic heterocycles. The van der Waals surface area contributed by atoms with Crippen molar-refractivity contribution < 1.29 is 13.9 Å². The molecule has 102 valence electrons. The van der Waals surface area contributed by atoms with Gasteiger partial charge >= 0.3 is 7.68 Å². The zero-order chi connectivity index (χ0) is 14.6. The van der Waals surface area contributed by atoms with Gasteiger partial charge in [0.15, 0.2) is 0 Å². The lowest BCUT2D eigenvalue weighted by Crippen LogP contribution is -2.36. The van der Waals surface area contributed by atoms with Crippen molar-refractivity contribution in [3.05, 3.63) is 71.8 Å². The highest BCUT2D eigenvalue weighted by molar-refractivity contribution is 7.31. The highest BCUT2D eigenvalue weighted by Gasteiger charge is 2.42. The molecule has 0 fully saturated rings. The Morgan fingerprint density at radius 1 is 0.900 bits per heavy atom. The molecule has 0 amide bonds. The molecule has 0 aliphatic carbocycles. The fourth-order valence-corrected chi connectivity index (χ4v) is 3.55. The van der Waals surface area contributed by atoms with Gasteiger partial charge in [-0.2, -0.15) is 0 Å². The van der Waals surface area contributed by atoms with Crippen LogP contribution in [0.2, 0.25) is 0 Å². The third-order valence-corrected chi connectivity index (χ3v) is 4.29. The van der Waals surface area contributed by atoms with Gasteiger partial charge in [0.05, 0.1) is 6.16 Å². The van der Waals surface area contributed by atoms with Crippen LogP contribution in [-0.4, -0.2) is 11.4 Å². The van der Waals surface area contributed by atoms with Gasteiger partial charge in [0.25, 0.3) is 0 Å². The molecule has 0 atom stereocenters. The second-order valence-electron chi connectivity index (χ2n) is 4.40. The van der Waals surface area contributed by atoms with Gasteiger partial charge in [-0.1, -0.05) is 60.7 Å². The smallest absolute Gasteiger partial charge is 0.280 e. The van der Waals surface area contributed by atoms with Crippen LogP contribution in [0.1, 0.15) is 11.1 Å². The highest BCUT2D eigenvalue weighted by Crippen LogP contribution is 2.38. The van der Waals surface area contributed by atoms with Crippen LogP contribution in [-0.2, 0) is 19.3 Å². The molecule has 0 aliphatic heterocycles. The maximum absolute atomic E-state index is 12.1. The first kappa shape index (κ1) is 14.7. The summed E-state index contributed by atoms with van der Waals surface area (Å²) in [6.07, 6.45) is -0.349. The third kappa shape index (κ3) is 2.74. The van der Waals surface area contributed by atoms with Crippen LogP contribution in [0.3, 0.4) is 0 Å². The van der Waals surface area contributed by atoms with Crippen molar-refractivity contribution in [2.75, 3.05) is 6.16 Å². The van der Waals surface area contributed by atoms with E-state index in [1.165, 1.54) is 0 Å². The Balaban J connectivity index is 2.73. The van der Waals surface area contributed by atoms with Gasteiger partial charge in [-0.05, 0) is 22.7 Å². The van der Waals surface area contributed by atoms with Crippen LogP contribution in [0, 0.1) is 0 Å². The van der Waals surface area contributed by atoms with Gasteiger partial charge in [-0.15, -0.1) is 0 Å². The van der Waals surface area contributed by atoms with Gasteiger partial charge in [-0.3, -0.25) is 4.79 Å². The summed E-state index contributed by atoms with van der Waals surface area (Å²) >= 11 is 5.81. The van der Waals surface area contributed by atoms with E-state index in [1.807, 2.05) is 0 Å². The minimum absolute atomic E-state index is 0.349. The second-order valence-corrected chi connectivity index (χ2v) is 5.73. The molecule has 0 unspecified atom stereocenters. The van der Waals surface area contributed by atoms with Crippen molar-refractivity contribution in [3.63, 3.8) is 0 Å². The number of carbonyl (C=O) groups excluding carboxylic acids is 1. The Morgan fingerprint density at radius 3 is 1.60 bits per heavy atom. The van der Waals surface area contributed by atoms with Gasteiger partial charge in [0.2, 0.25) is 5.24 Å². The SMILES string of the molecule is O=C(Cl)C(CP(=O)=O)(c1ccccc1)c1ccccc1. The Hall–Kier alpha value is -1.70. The fourth-order valence-electron chi connectivity index (χ4n) is 2.28. The van der Waals surface area contributed by atoms with Crippen molar-refractivity contribution in [1.82, 2.24) is 0 Å². The first-order valence-electron chi connectivity index (χ1n) is 6.00. The Morgan fingerprint density at radius 2 is 1.30 bits per heavy atom. The molecule has 0 heterocycles. The number of halogens is 1. The number of hydrogen-bond donors (Lipinski definition) is 0. The van der Waals surface area contributed by atoms with E-state index < -0.39 is 18.3 Å². The van der Waals surface area contributed by atoms with Crippen LogP contribution >= 0.6 is 19.3 Å².